The topological polar surface area (TPSA) is 26.0 Å². The lowest BCUT2D eigenvalue weighted by molar-refractivity contribution is 0.676. The van der Waals surface area contributed by atoms with Crippen molar-refractivity contribution in [1.29, 1.82) is 0 Å². The third-order valence-electron chi connectivity index (χ3n) is 1.46. The minimum Gasteiger partial charge on any atom is -0.330 e. The second-order valence-electron chi connectivity index (χ2n) is 2.71. The van der Waals surface area contributed by atoms with Crippen LogP contribution in [0.4, 0.5) is 0 Å². The normalized spacial score (nSPS) is 13.2. The molecule has 1 heterocycles. The van der Waals surface area contributed by atoms with E-state index in [1.165, 1.54) is 4.21 Å². The Kier molecular flexibility index (Phi) is 4.43. The molecule has 0 spiro atoms. The van der Waals surface area contributed by atoms with Crippen molar-refractivity contribution >= 4 is 34.7 Å². The lowest BCUT2D eigenvalue weighted by atomic mass is 10.2. The van der Waals surface area contributed by atoms with Gasteiger partial charge in [-0.25, -0.2) is 0 Å². The first-order valence-corrected chi connectivity index (χ1v) is 5.98. The Balaban J connectivity index is 2.33. The van der Waals surface area contributed by atoms with Crippen molar-refractivity contribution in [3.63, 3.8) is 0 Å². The van der Waals surface area contributed by atoms with Gasteiger partial charge in [0.2, 0.25) is 0 Å². The fourth-order valence-electron chi connectivity index (χ4n) is 0.668. The van der Waals surface area contributed by atoms with Crippen molar-refractivity contribution in [1.82, 2.24) is 0 Å². The number of hydrogen-bond donors (Lipinski definition) is 1. The van der Waals surface area contributed by atoms with Crippen LogP contribution in [0.5, 0.6) is 0 Å². The summed E-state index contributed by atoms with van der Waals surface area (Å²) in [5.74, 6) is 1.66. The average Bonchev–Trinajstić information content (AvgIpc) is 2.47. The highest BCUT2D eigenvalue weighted by atomic mass is 35.5. The molecule has 0 saturated carbocycles. The molecule has 0 radical (unpaired) electrons. The van der Waals surface area contributed by atoms with Crippen LogP contribution in [0.3, 0.4) is 0 Å². The molecule has 1 unspecified atom stereocenters. The minimum atomic E-state index is 0.580. The number of hydrogen-bond acceptors (Lipinski definition) is 3. The predicted octanol–water partition coefficient (Wildman–Crippen LogP) is 3.09. The van der Waals surface area contributed by atoms with Crippen LogP contribution in [-0.4, -0.2) is 12.3 Å². The summed E-state index contributed by atoms with van der Waals surface area (Å²) in [6, 6.07) is 3.99. The molecule has 0 aromatic carbocycles. The number of halogens is 1. The summed E-state index contributed by atoms with van der Waals surface area (Å²) in [4.78, 5) is 0. The van der Waals surface area contributed by atoms with Gasteiger partial charge in [0.05, 0.1) is 8.55 Å². The van der Waals surface area contributed by atoms with Gasteiger partial charge in [-0.15, -0.1) is 23.1 Å². The molecule has 0 aliphatic carbocycles. The summed E-state index contributed by atoms with van der Waals surface area (Å²) >= 11 is 9.25. The summed E-state index contributed by atoms with van der Waals surface area (Å²) in [5, 5.41) is 0. The van der Waals surface area contributed by atoms with Crippen molar-refractivity contribution in [2.45, 2.75) is 11.1 Å². The molecule has 1 nitrogen and oxygen atoms in total. The maximum absolute atomic E-state index is 5.79. The van der Waals surface area contributed by atoms with Crippen LogP contribution in [0.25, 0.3) is 0 Å². The molecule has 0 aliphatic heterocycles. The maximum atomic E-state index is 5.79. The smallest absolute Gasteiger partial charge is 0.0940 e. The first-order chi connectivity index (χ1) is 5.72. The highest BCUT2D eigenvalue weighted by Gasteiger charge is 2.02. The molecular weight excluding hydrogens is 210 g/mol. The Morgan fingerprint density at radius 2 is 2.42 bits per heavy atom. The van der Waals surface area contributed by atoms with Crippen LogP contribution in [-0.2, 0) is 0 Å². The van der Waals surface area contributed by atoms with Crippen LogP contribution in [0.2, 0.25) is 4.34 Å². The molecule has 4 heteroatoms. The second kappa shape index (κ2) is 5.12. The summed E-state index contributed by atoms with van der Waals surface area (Å²) in [5.41, 5.74) is 5.51. The van der Waals surface area contributed by atoms with E-state index in [4.69, 9.17) is 17.3 Å². The average molecular weight is 222 g/mol. The van der Waals surface area contributed by atoms with Crippen molar-refractivity contribution in [3.05, 3.63) is 16.5 Å². The predicted molar refractivity (Wildman–Crippen MR) is 58.3 cm³/mol. The molecule has 0 amide bonds. The van der Waals surface area contributed by atoms with Crippen molar-refractivity contribution in [3.8, 4) is 0 Å². The van der Waals surface area contributed by atoms with Crippen LogP contribution in [0.1, 0.15) is 6.92 Å². The summed E-state index contributed by atoms with van der Waals surface area (Å²) in [6.07, 6.45) is 0. The SMILES string of the molecule is CC(CN)CSc1ccc(Cl)s1. The molecule has 0 fully saturated rings. The number of thioether (sulfide) groups is 1. The largest absolute Gasteiger partial charge is 0.330 e. The van der Waals surface area contributed by atoms with Gasteiger partial charge in [-0.3, -0.25) is 0 Å². The fourth-order valence-corrected chi connectivity index (χ4v) is 3.04. The molecule has 2 N–H and O–H groups in total. The van der Waals surface area contributed by atoms with Crippen molar-refractivity contribution < 1.29 is 0 Å². The van der Waals surface area contributed by atoms with E-state index in [0.717, 1.165) is 16.6 Å². The third kappa shape index (κ3) is 3.35. The van der Waals surface area contributed by atoms with E-state index in [-0.39, 0.29) is 0 Å². The molecule has 68 valence electrons. The second-order valence-corrected chi connectivity index (χ2v) is 5.75. The fraction of sp³-hybridized carbons (Fsp3) is 0.500. The van der Waals surface area contributed by atoms with Gasteiger partial charge in [-0.05, 0) is 24.6 Å². The van der Waals surface area contributed by atoms with Gasteiger partial charge in [0.1, 0.15) is 0 Å². The van der Waals surface area contributed by atoms with Gasteiger partial charge < -0.3 is 5.73 Å². The Morgan fingerprint density at radius 3 is 2.92 bits per heavy atom. The lowest BCUT2D eigenvalue weighted by Crippen LogP contribution is -2.12. The zero-order valence-corrected chi connectivity index (χ0v) is 9.31. The Labute approximate surface area is 86.3 Å². The van der Waals surface area contributed by atoms with Gasteiger partial charge in [0.15, 0.2) is 0 Å². The number of nitrogens with two attached hydrogens (primary N) is 1. The van der Waals surface area contributed by atoms with Crippen LogP contribution in [0.15, 0.2) is 16.3 Å². The molecule has 0 aliphatic rings. The van der Waals surface area contributed by atoms with Gasteiger partial charge >= 0.3 is 0 Å². The Hall–Kier alpha value is 0.300. The molecule has 0 bridgehead atoms. The van der Waals surface area contributed by atoms with Crippen molar-refractivity contribution in [2.24, 2.45) is 11.7 Å². The quantitative estimate of drug-likeness (QED) is 0.791. The molecule has 1 rings (SSSR count). The number of rotatable bonds is 4. The van der Waals surface area contributed by atoms with E-state index in [2.05, 4.69) is 13.0 Å². The lowest BCUT2D eigenvalue weighted by Gasteiger charge is -2.04. The molecule has 1 aromatic rings. The summed E-state index contributed by atoms with van der Waals surface area (Å²) < 4.78 is 2.14. The Bertz CT molecular complexity index is 237. The molecule has 0 saturated heterocycles. The van der Waals surface area contributed by atoms with Gasteiger partial charge in [-0.1, -0.05) is 18.5 Å². The highest BCUT2D eigenvalue weighted by Crippen LogP contribution is 2.31. The molecule has 12 heavy (non-hydrogen) atoms. The number of thiophene rings is 1. The van der Waals surface area contributed by atoms with Crippen molar-refractivity contribution in [2.75, 3.05) is 12.3 Å². The minimum absolute atomic E-state index is 0.580. The highest BCUT2D eigenvalue weighted by molar-refractivity contribution is 8.01. The maximum Gasteiger partial charge on any atom is 0.0940 e. The van der Waals surface area contributed by atoms with E-state index >= 15 is 0 Å². The zero-order valence-electron chi connectivity index (χ0n) is 6.92. The molecule has 1 aromatic heterocycles. The van der Waals surface area contributed by atoms with Crippen LogP contribution in [0, 0.1) is 5.92 Å². The van der Waals surface area contributed by atoms with Gasteiger partial charge in [0.25, 0.3) is 0 Å². The monoisotopic (exact) mass is 221 g/mol. The molecule has 1 atom stereocenters. The van der Waals surface area contributed by atoms with Gasteiger partial charge in [-0.2, -0.15) is 0 Å². The Morgan fingerprint density at radius 1 is 1.67 bits per heavy atom. The van der Waals surface area contributed by atoms with E-state index in [1.807, 2.05) is 17.8 Å². The first-order valence-electron chi connectivity index (χ1n) is 3.80. The zero-order chi connectivity index (χ0) is 8.97. The molecular formula is C8H12ClNS2. The third-order valence-corrected chi connectivity index (χ3v) is 4.25. The summed E-state index contributed by atoms with van der Waals surface area (Å²) in [7, 11) is 0. The van der Waals surface area contributed by atoms with Crippen LogP contribution < -0.4 is 5.73 Å². The summed E-state index contributed by atoms with van der Waals surface area (Å²) in [6.45, 7) is 2.91. The van der Waals surface area contributed by atoms with E-state index in [9.17, 15) is 0 Å². The van der Waals surface area contributed by atoms with E-state index < -0.39 is 0 Å². The first kappa shape index (κ1) is 10.4. The van der Waals surface area contributed by atoms with E-state index in [1.54, 1.807) is 11.3 Å². The van der Waals surface area contributed by atoms with Crippen LogP contribution >= 0.6 is 34.7 Å². The van der Waals surface area contributed by atoms with E-state index in [0.29, 0.717) is 5.92 Å². The van der Waals surface area contributed by atoms with Gasteiger partial charge in [0, 0.05) is 5.75 Å². The standard InChI is InChI=1S/C8H12ClNS2/c1-6(4-10)5-11-8-3-2-7(9)12-8/h2-3,6H,4-5,10H2,1H3.